The Morgan fingerprint density at radius 3 is 2.62 bits per heavy atom. The fraction of sp³-hybridized carbons (Fsp3) is 0.320. The standard InChI is InChI=1S/C25H27N3O3S/c29-32(30,24-11-6-9-19-8-2-3-10-21(19)24)25-22-18-20(12-13-23(22)26-27-25)31-17-7-16-28-14-4-1-5-15-28/h2-3,6,8-13,18H,1,4-5,7,14-17H2,(H,26,27). The van der Waals surface area contributed by atoms with Gasteiger partial charge >= 0.3 is 0 Å². The summed E-state index contributed by atoms with van der Waals surface area (Å²) in [5.74, 6) is 0.659. The quantitative estimate of drug-likeness (QED) is 0.410. The Morgan fingerprint density at radius 1 is 0.938 bits per heavy atom. The highest BCUT2D eigenvalue weighted by Gasteiger charge is 2.26. The molecule has 1 aliphatic rings. The van der Waals surface area contributed by atoms with Crippen molar-refractivity contribution in [2.45, 2.75) is 35.6 Å². The number of nitrogens with zero attached hydrogens (tertiary/aromatic N) is 2. The number of likely N-dealkylation sites (tertiary alicyclic amines) is 1. The molecule has 1 aliphatic heterocycles. The van der Waals surface area contributed by atoms with Crippen molar-refractivity contribution in [2.24, 2.45) is 0 Å². The van der Waals surface area contributed by atoms with Crippen molar-refractivity contribution < 1.29 is 13.2 Å². The van der Waals surface area contributed by atoms with Crippen LogP contribution in [0.1, 0.15) is 25.7 Å². The zero-order valence-electron chi connectivity index (χ0n) is 18.0. The maximum atomic E-state index is 13.5. The van der Waals surface area contributed by atoms with E-state index in [9.17, 15) is 8.42 Å². The summed E-state index contributed by atoms with van der Waals surface area (Å²) in [7, 11) is -3.81. The van der Waals surface area contributed by atoms with Crippen LogP contribution in [0.3, 0.4) is 0 Å². The van der Waals surface area contributed by atoms with Gasteiger partial charge in [-0.15, -0.1) is 0 Å². The fourth-order valence-corrected chi connectivity index (χ4v) is 6.02. The van der Waals surface area contributed by atoms with Gasteiger partial charge in [-0.2, -0.15) is 5.10 Å². The van der Waals surface area contributed by atoms with Crippen molar-refractivity contribution in [3.05, 3.63) is 60.7 Å². The lowest BCUT2D eigenvalue weighted by molar-refractivity contribution is 0.205. The van der Waals surface area contributed by atoms with E-state index in [0.717, 1.165) is 18.4 Å². The zero-order chi connectivity index (χ0) is 22.0. The van der Waals surface area contributed by atoms with Gasteiger partial charge in [-0.1, -0.05) is 42.8 Å². The van der Waals surface area contributed by atoms with E-state index in [4.69, 9.17) is 4.74 Å². The number of H-pyrrole nitrogens is 1. The molecule has 0 atom stereocenters. The highest BCUT2D eigenvalue weighted by molar-refractivity contribution is 7.91. The molecule has 2 heterocycles. The van der Waals surface area contributed by atoms with E-state index in [0.29, 0.717) is 28.6 Å². The topological polar surface area (TPSA) is 75.3 Å². The molecular weight excluding hydrogens is 422 g/mol. The number of nitrogens with one attached hydrogen (secondary N) is 1. The Kier molecular flexibility index (Phi) is 5.85. The first kappa shape index (κ1) is 21.0. The predicted octanol–water partition coefficient (Wildman–Crippen LogP) is 4.80. The van der Waals surface area contributed by atoms with Crippen LogP contribution < -0.4 is 4.74 Å². The molecule has 3 aromatic carbocycles. The Bertz CT molecular complexity index is 1340. The molecule has 0 aliphatic carbocycles. The second kappa shape index (κ2) is 8.92. The van der Waals surface area contributed by atoms with Crippen molar-refractivity contribution >= 4 is 31.5 Å². The number of aromatic nitrogens is 2. The number of rotatable bonds is 7. The summed E-state index contributed by atoms with van der Waals surface area (Å²) in [6.07, 6.45) is 4.85. The van der Waals surface area contributed by atoms with Gasteiger partial charge in [-0.3, -0.25) is 5.10 Å². The molecule has 0 saturated carbocycles. The minimum Gasteiger partial charge on any atom is -0.494 e. The molecule has 1 aromatic heterocycles. The molecule has 0 radical (unpaired) electrons. The Balaban J connectivity index is 1.38. The lowest BCUT2D eigenvalue weighted by Crippen LogP contribution is -2.31. The molecule has 6 nitrogen and oxygen atoms in total. The fourth-order valence-electron chi connectivity index (χ4n) is 4.46. The third-order valence-corrected chi connectivity index (χ3v) is 7.88. The molecule has 0 unspecified atom stereocenters. The van der Waals surface area contributed by atoms with Gasteiger partial charge in [0.05, 0.1) is 17.0 Å². The van der Waals surface area contributed by atoms with Crippen LogP contribution in [0.5, 0.6) is 5.75 Å². The zero-order valence-corrected chi connectivity index (χ0v) is 18.8. The summed E-state index contributed by atoms with van der Waals surface area (Å²) in [4.78, 5) is 2.75. The molecule has 1 saturated heterocycles. The number of piperidine rings is 1. The van der Waals surface area contributed by atoms with Crippen LogP contribution in [-0.4, -0.2) is 49.8 Å². The summed E-state index contributed by atoms with van der Waals surface area (Å²) in [6.45, 7) is 3.99. The van der Waals surface area contributed by atoms with Gasteiger partial charge in [0.15, 0.2) is 5.03 Å². The largest absolute Gasteiger partial charge is 0.494 e. The van der Waals surface area contributed by atoms with Gasteiger partial charge in [0.25, 0.3) is 0 Å². The van der Waals surface area contributed by atoms with Crippen LogP contribution in [0.25, 0.3) is 21.7 Å². The lowest BCUT2D eigenvalue weighted by atomic mass is 10.1. The van der Waals surface area contributed by atoms with Crippen molar-refractivity contribution in [1.29, 1.82) is 0 Å². The Morgan fingerprint density at radius 2 is 1.75 bits per heavy atom. The molecule has 1 N–H and O–H groups in total. The molecule has 0 bridgehead atoms. The monoisotopic (exact) mass is 449 g/mol. The summed E-state index contributed by atoms with van der Waals surface area (Å²) < 4.78 is 33.0. The maximum Gasteiger partial charge on any atom is 0.226 e. The average Bonchev–Trinajstić information content (AvgIpc) is 3.26. The highest BCUT2D eigenvalue weighted by Crippen LogP contribution is 2.32. The van der Waals surface area contributed by atoms with E-state index < -0.39 is 9.84 Å². The highest BCUT2D eigenvalue weighted by atomic mass is 32.2. The van der Waals surface area contributed by atoms with Crippen LogP contribution >= 0.6 is 0 Å². The van der Waals surface area contributed by atoms with E-state index >= 15 is 0 Å². The molecule has 4 aromatic rings. The van der Waals surface area contributed by atoms with Gasteiger partial charge in [-0.05, 0) is 62.0 Å². The van der Waals surface area contributed by atoms with Crippen molar-refractivity contribution in [3.63, 3.8) is 0 Å². The number of sulfone groups is 1. The average molecular weight is 450 g/mol. The lowest BCUT2D eigenvalue weighted by Gasteiger charge is -2.26. The van der Waals surface area contributed by atoms with E-state index in [1.165, 1.54) is 32.4 Å². The minimum absolute atomic E-state index is 0.0302. The molecule has 5 rings (SSSR count). The normalized spacial score (nSPS) is 15.4. The van der Waals surface area contributed by atoms with Gasteiger partial charge in [0.2, 0.25) is 9.84 Å². The molecule has 0 spiro atoms. The van der Waals surface area contributed by atoms with Gasteiger partial charge < -0.3 is 9.64 Å². The number of aromatic amines is 1. The van der Waals surface area contributed by atoms with Crippen molar-refractivity contribution in [2.75, 3.05) is 26.2 Å². The molecular formula is C25H27N3O3S. The number of hydrogen-bond donors (Lipinski definition) is 1. The summed E-state index contributed by atoms with van der Waals surface area (Å²) in [5, 5.41) is 9.18. The van der Waals surface area contributed by atoms with E-state index in [1.807, 2.05) is 42.5 Å². The van der Waals surface area contributed by atoms with Crippen LogP contribution in [0.4, 0.5) is 0 Å². The predicted molar refractivity (Wildman–Crippen MR) is 126 cm³/mol. The van der Waals surface area contributed by atoms with Crippen LogP contribution in [0.15, 0.2) is 70.6 Å². The third-order valence-electron chi connectivity index (χ3n) is 6.13. The molecule has 1 fully saturated rings. The summed E-state index contributed by atoms with van der Waals surface area (Å²) in [6, 6.07) is 18.3. The van der Waals surface area contributed by atoms with Crippen LogP contribution in [-0.2, 0) is 9.84 Å². The van der Waals surface area contributed by atoms with Crippen LogP contribution in [0.2, 0.25) is 0 Å². The molecule has 32 heavy (non-hydrogen) atoms. The number of ether oxygens (including phenoxy) is 1. The number of fused-ring (bicyclic) bond motifs is 2. The summed E-state index contributed by atoms with van der Waals surface area (Å²) in [5.41, 5.74) is 0.671. The first-order valence-electron chi connectivity index (χ1n) is 11.2. The van der Waals surface area contributed by atoms with E-state index in [2.05, 4.69) is 15.1 Å². The molecule has 7 heteroatoms. The Hall–Kier alpha value is -2.90. The van der Waals surface area contributed by atoms with E-state index in [1.54, 1.807) is 18.2 Å². The number of hydrogen-bond acceptors (Lipinski definition) is 5. The van der Waals surface area contributed by atoms with E-state index in [-0.39, 0.29) is 9.92 Å². The maximum absolute atomic E-state index is 13.5. The molecule has 0 amide bonds. The van der Waals surface area contributed by atoms with Crippen molar-refractivity contribution in [3.8, 4) is 5.75 Å². The summed E-state index contributed by atoms with van der Waals surface area (Å²) >= 11 is 0. The van der Waals surface area contributed by atoms with Crippen molar-refractivity contribution in [1.82, 2.24) is 15.1 Å². The molecule has 166 valence electrons. The second-order valence-corrected chi connectivity index (χ2v) is 10.2. The minimum atomic E-state index is -3.81. The first-order valence-corrected chi connectivity index (χ1v) is 12.7. The van der Waals surface area contributed by atoms with Gasteiger partial charge in [-0.25, -0.2) is 8.42 Å². The smallest absolute Gasteiger partial charge is 0.226 e. The number of benzene rings is 3. The van der Waals surface area contributed by atoms with Crippen LogP contribution in [0, 0.1) is 0 Å². The van der Waals surface area contributed by atoms with Gasteiger partial charge in [0, 0.05) is 17.3 Å². The SMILES string of the molecule is O=S(=O)(c1cccc2ccccc12)c1n[nH]c2ccc(OCCCN3CCCCC3)cc12. The Labute approximate surface area is 188 Å². The van der Waals surface area contributed by atoms with Gasteiger partial charge in [0.1, 0.15) is 5.75 Å². The second-order valence-electron chi connectivity index (χ2n) is 8.32. The first-order chi connectivity index (χ1) is 15.6. The third kappa shape index (κ3) is 4.10.